The number of aryl methyl sites for hydroxylation is 1. The summed E-state index contributed by atoms with van der Waals surface area (Å²) in [6.07, 6.45) is 1.66. The Morgan fingerprint density at radius 2 is 2.11 bits per heavy atom. The Bertz CT molecular complexity index is 630. The van der Waals surface area contributed by atoms with Crippen LogP contribution in [0.1, 0.15) is 14.8 Å². The van der Waals surface area contributed by atoms with E-state index < -0.39 is 10.0 Å². The largest absolute Gasteiger partial charge is 0.391 e. The molecule has 18 heavy (non-hydrogen) atoms. The van der Waals surface area contributed by atoms with Gasteiger partial charge in [-0.2, -0.15) is 0 Å². The van der Waals surface area contributed by atoms with Crippen LogP contribution in [0.15, 0.2) is 22.5 Å². The fraction of sp³-hybridized carbons (Fsp3) is 0.300. The standard InChI is InChI=1S/C10H12N2O3S3/c1-7-11-4-9(16-7)5-12-18(14,15)10-3-2-8(6-13)17-10/h2-4,12-13H,5-6H2,1H3. The monoisotopic (exact) mass is 304 g/mol. The number of hydrogen-bond donors (Lipinski definition) is 2. The van der Waals surface area contributed by atoms with E-state index in [-0.39, 0.29) is 17.4 Å². The molecule has 8 heteroatoms. The fourth-order valence-electron chi connectivity index (χ4n) is 1.31. The molecule has 0 saturated heterocycles. The summed E-state index contributed by atoms with van der Waals surface area (Å²) < 4.78 is 26.6. The summed E-state index contributed by atoms with van der Waals surface area (Å²) in [7, 11) is -3.50. The lowest BCUT2D eigenvalue weighted by molar-refractivity contribution is 0.285. The zero-order valence-corrected chi connectivity index (χ0v) is 12.0. The lowest BCUT2D eigenvalue weighted by Gasteiger charge is -2.02. The highest BCUT2D eigenvalue weighted by atomic mass is 32.2. The third-order valence-electron chi connectivity index (χ3n) is 2.16. The molecular formula is C10H12N2O3S3. The first-order valence-electron chi connectivity index (χ1n) is 5.12. The third-order valence-corrected chi connectivity index (χ3v) is 6.04. The van der Waals surface area contributed by atoms with Crippen LogP contribution in [-0.4, -0.2) is 18.5 Å². The second kappa shape index (κ2) is 5.45. The van der Waals surface area contributed by atoms with E-state index in [2.05, 4.69) is 9.71 Å². The molecule has 0 aliphatic rings. The van der Waals surface area contributed by atoms with E-state index in [4.69, 9.17) is 5.11 Å². The van der Waals surface area contributed by atoms with E-state index in [1.165, 1.54) is 17.4 Å². The first-order valence-corrected chi connectivity index (χ1v) is 8.23. The zero-order valence-electron chi connectivity index (χ0n) is 9.58. The Morgan fingerprint density at radius 3 is 2.67 bits per heavy atom. The second-order valence-corrected chi connectivity index (χ2v) is 8.03. The van der Waals surface area contributed by atoms with Gasteiger partial charge in [0, 0.05) is 22.5 Å². The smallest absolute Gasteiger partial charge is 0.250 e. The molecule has 0 radical (unpaired) electrons. The lowest BCUT2D eigenvalue weighted by Crippen LogP contribution is -2.21. The van der Waals surface area contributed by atoms with Crippen molar-refractivity contribution in [2.45, 2.75) is 24.3 Å². The first kappa shape index (κ1) is 13.6. The molecule has 2 aromatic rings. The molecule has 0 spiro atoms. The van der Waals surface area contributed by atoms with E-state index in [1.54, 1.807) is 12.3 Å². The average Bonchev–Trinajstić information content (AvgIpc) is 2.95. The summed E-state index contributed by atoms with van der Waals surface area (Å²) >= 11 is 2.53. The zero-order chi connectivity index (χ0) is 13.2. The van der Waals surface area contributed by atoms with Crippen molar-refractivity contribution in [1.82, 2.24) is 9.71 Å². The number of thiazole rings is 1. The van der Waals surface area contributed by atoms with Crippen molar-refractivity contribution in [2.75, 3.05) is 0 Å². The van der Waals surface area contributed by atoms with Crippen molar-refractivity contribution in [3.63, 3.8) is 0 Å². The van der Waals surface area contributed by atoms with Gasteiger partial charge in [-0.05, 0) is 19.1 Å². The average molecular weight is 304 g/mol. The fourth-order valence-corrected chi connectivity index (χ4v) is 4.40. The number of aliphatic hydroxyl groups is 1. The van der Waals surface area contributed by atoms with Gasteiger partial charge < -0.3 is 5.11 Å². The van der Waals surface area contributed by atoms with E-state index in [0.717, 1.165) is 21.2 Å². The van der Waals surface area contributed by atoms with Crippen molar-refractivity contribution in [3.8, 4) is 0 Å². The highest BCUT2D eigenvalue weighted by Gasteiger charge is 2.16. The Balaban J connectivity index is 2.07. The molecule has 0 aromatic carbocycles. The Hall–Kier alpha value is -0.800. The van der Waals surface area contributed by atoms with Gasteiger partial charge in [-0.3, -0.25) is 0 Å². The van der Waals surface area contributed by atoms with E-state index >= 15 is 0 Å². The predicted molar refractivity (Wildman–Crippen MR) is 71.1 cm³/mol. The molecule has 0 atom stereocenters. The summed E-state index contributed by atoms with van der Waals surface area (Å²) in [6.45, 7) is 1.96. The molecule has 0 amide bonds. The summed E-state index contributed by atoms with van der Waals surface area (Å²) in [5.41, 5.74) is 0. The summed E-state index contributed by atoms with van der Waals surface area (Å²) in [6, 6.07) is 3.10. The molecule has 0 fully saturated rings. The second-order valence-electron chi connectivity index (χ2n) is 3.55. The SMILES string of the molecule is Cc1ncc(CNS(=O)(=O)c2ccc(CO)s2)s1. The maximum Gasteiger partial charge on any atom is 0.250 e. The van der Waals surface area contributed by atoms with Crippen LogP contribution in [0, 0.1) is 6.92 Å². The van der Waals surface area contributed by atoms with E-state index in [1.807, 2.05) is 6.92 Å². The van der Waals surface area contributed by atoms with Gasteiger partial charge in [-0.15, -0.1) is 22.7 Å². The summed E-state index contributed by atoms with van der Waals surface area (Å²) in [4.78, 5) is 5.56. The molecule has 5 nitrogen and oxygen atoms in total. The van der Waals surface area contributed by atoms with Gasteiger partial charge in [0.15, 0.2) is 0 Å². The van der Waals surface area contributed by atoms with Crippen LogP contribution in [0.2, 0.25) is 0 Å². The highest BCUT2D eigenvalue weighted by Crippen LogP contribution is 2.22. The van der Waals surface area contributed by atoms with Crippen LogP contribution in [0.5, 0.6) is 0 Å². The third kappa shape index (κ3) is 3.15. The van der Waals surface area contributed by atoms with Crippen LogP contribution >= 0.6 is 22.7 Å². The van der Waals surface area contributed by atoms with Crippen LogP contribution in [0.25, 0.3) is 0 Å². The van der Waals surface area contributed by atoms with Gasteiger partial charge in [-0.1, -0.05) is 0 Å². The topological polar surface area (TPSA) is 79.3 Å². The molecule has 2 heterocycles. The number of nitrogens with one attached hydrogen (secondary N) is 1. The van der Waals surface area contributed by atoms with Crippen molar-refractivity contribution in [2.24, 2.45) is 0 Å². The number of sulfonamides is 1. The minimum Gasteiger partial charge on any atom is -0.391 e. The lowest BCUT2D eigenvalue weighted by atomic mass is 10.5. The quantitative estimate of drug-likeness (QED) is 0.877. The Kier molecular flexibility index (Phi) is 4.13. The highest BCUT2D eigenvalue weighted by molar-refractivity contribution is 7.91. The van der Waals surface area contributed by atoms with E-state index in [9.17, 15) is 8.42 Å². The van der Waals surface area contributed by atoms with Crippen molar-refractivity contribution >= 4 is 32.7 Å². The van der Waals surface area contributed by atoms with Crippen LogP contribution in [0.3, 0.4) is 0 Å². The van der Waals surface area contributed by atoms with Gasteiger partial charge in [0.05, 0.1) is 11.6 Å². The Morgan fingerprint density at radius 1 is 1.33 bits per heavy atom. The Labute approximate surface area is 113 Å². The van der Waals surface area contributed by atoms with Crippen LogP contribution in [-0.2, 0) is 23.2 Å². The van der Waals surface area contributed by atoms with Crippen molar-refractivity contribution < 1.29 is 13.5 Å². The molecule has 0 aliphatic heterocycles. The number of thiophene rings is 1. The van der Waals surface area contributed by atoms with Crippen LogP contribution < -0.4 is 4.72 Å². The van der Waals surface area contributed by atoms with Crippen molar-refractivity contribution in [3.05, 3.63) is 33.1 Å². The molecule has 0 unspecified atom stereocenters. The summed E-state index contributed by atoms with van der Waals surface area (Å²) in [5, 5.41) is 9.82. The van der Waals surface area contributed by atoms with E-state index in [0.29, 0.717) is 4.88 Å². The van der Waals surface area contributed by atoms with Crippen LogP contribution in [0.4, 0.5) is 0 Å². The molecule has 98 valence electrons. The van der Waals surface area contributed by atoms with Gasteiger partial charge in [0.1, 0.15) is 4.21 Å². The molecule has 0 bridgehead atoms. The van der Waals surface area contributed by atoms with Gasteiger partial charge >= 0.3 is 0 Å². The molecule has 2 rings (SSSR count). The van der Waals surface area contributed by atoms with Crippen molar-refractivity contribution in [1.29, 1.82) is 0 Å². The van der Waals surface area contributed by atoms with Gasteiger partial charge in [0.25, 0.3) is 0 Å². The van der Waals surface area contributed by atoms with Gasteiger partial charge in [-0.25, -0.2) is 18.1 Å². The molecule has 2 N–H and O–H groups in total. The molecular weight excluding hydrogens is 292 g/mol. The number of hydrogen-bond acceptors (Lipinski definition) is 6. The minimum absolute atomic E-state index is 0.145. The molecule has 2 aromatic heterocycles. The summed E-state index contributed by atoms with van der Waals surface area (Å²) in [5.74, 6) is 0. The maximum absolute atomic E-state index is 11.9. The number of aliphatic hydroxyl groups excluding tert-OH is 1. The number of nitrogens with zero attached hydrogens (tertiary/aromatic N) is 1. The maximum atomic E-state index is 11.9. The first-order chi connectivity index (χ1) is 8.51. The predicted octanol–water partition coefficient (Wildman–Crippen LogP) is 1.48. The number of aromatic nitrogens is 1. The normalized spacial score (nSPS) is 11.9. The molecule has 0 aliphatic carbocycles. The number of rotatable bonds is 5. The minimum atomic E-state index is -3.50. The molecule has 0 saturated carbocycles. The van der Waals surface area contributed by atoms with Gasteiger partial charge in [0.2, 0.25) is 10.0 Å².